The highest BCUT2D eigenvalue weighted by Crippen LogP contribution is 2.33. The van der Waals surface area contributed by atoms with Crippen molar-refractivity contribution < 1.29 is 22.3 Å². The van der Waals surface area contributed by atoms with Gasteiger partial charge in [0.1, 0.15) is 10.7 Å². The third-order valence-corrected chi connectivity index (χ3v) is 6.83. The van der Waals surface area contributed by atoms with Gasteiger partial charge in [0.25, 0.3) is 10.0 Å². The quantitative estimate of drug-likeness (QED) is 0.489. The van der Waals surface area contributed by atoms with Gasteiger partial charge in [-0.2, -0.15) is 5.10 Å². The Morgan fingerprint density at radius 3 is 2.65 bits per heavy atom. The molecular weight excluding hydrogens is 459 g/mol. The molecule has 3 rings (SSSR count). The lowest BCUT2D eigenvalue weighted by molar-refractivity contribution is -0.118. The van der Waals surface area contributed by atoms with Crippen LogP contribution in [0.15, 0.2) is 41.6 Å². The molecular formula is C24H29FN4O4S. The zero-order valence-corrected chi connectivity index (χ0v) is 20.7. The van der Waals surface area contributed by atoms with Gasteiger partial charge in [0.2, 0.25) is 11.8 Å². The van der Waals surface area contributed by atoms with E-state index in [9.17, 15) is 17.6 Å². The van der Waals surface area contributed by atoms with Crippen LogP contribution in [0, 0.1) is 12.7 Å². The largest absolute Gasteiger partial charge is 0.481 e. The van der Waals surface area contributed by atoms with E-state index in [0.717, 1.165) is 6.42 Å². The fourth-order valence-corrected chi connectivity index (χ4v) is 5.00. The lowest BCUT2D eigenvalue weighted by atomic mass is 9.88. The molecule has 0 spiro atoms. The average Bonchev–Trinajstić information content (AvgIpc) is 3.15. The van der Waals surface area contributed by atoms with E-state index >= 15 is 0 Å². The van der Waals surface area contributed by atoms with E-state index in [1.54, 1.807) is 23.7 Å². The first-order valence-electron chi connectivity index (χ1n) is 11.0. The van der Waals surface area contributed by atoms with E-state index in [4.69, 9.17) is 4.74 Å². The molecule has 0 aliphatic rings. The first-order valence-corrected chi connectivity index (χ1v) is 12.5. The van der Waals surface area contributed by atoms with E-state index in [2.05, 4.69) is 14.8 Å². The first-order chi connectivity index (χ1) is 16.1. The van der Waals surface area contributed by atoms with Crippen molar-refractivity contribution in [3.63, 3.8) is 0 Å². The molecule has 0 saturated heterocycles. The summed E-state index contributed by atoms with van der Waals surface area (Å²) >= 11 is 0. The molecule has 0 aliphatic heterocycles. The monoisotopic (exact) mass is 488 g/mol. The van der Waals surface area contributed by atoms with Crippen molar-refractivity contribution in [2.24, 2.45) is 0 Å². The molecule has 1 aromatic carbocycles. The summed E-state index contributed by atoms with van der Waals surface area (Å²) < 4.78 is 49.2. The van der Waals surface area contributed by atoms with Gasteiger partial charge in [0, 0.05) is 25.0 Å². The number of halogens is 1. The van der Waals surface area contributed by atoms with Crippen LogP contribution in [0.5, 0.6) is 5.88 Å². The minimum Gasteiger partial charge on any atom is -0.481 e. The lowest BCUT2D eigenvalue weighted by Crippen LogP contribution is -2.32. The van der Waals surface area contributed by atoms with Crippen molar-refractivity contribution in [2.75, 3.05) is 7.11 Å². The molecule has 0 bridgehead atoms. The second-order valence-electron chi connectivity index (χ2n) is 8.31. The predicted molar refractivity (Wildman–Crippen MR) is 127 cm³/mol. The first kappa shape index (κ1) is 25.4. The van der Waals surface area contributed by atoms with Crippen molar-refractivity contribution in [1.82, 2.24) is 19.5 Å². The summed E-state index contributed by atoms with van der Waals surface area (Å²) in [5, 5.41) is 4.20. The topological polar surface area (TPSA) is 103 Å². The predicted octanol–water partition coefficient (Wildman–Crippen LogP) is 3.98. The van der Waals surface area contributed by atoms with Crippen LogP contribution in [0.3, 0.4) is 0 Å². The van der Waals surface area contributed by atoms with Gasteiger partial charge in [0.15, 0.2) is 0 Å². The highest BCUT2D eigenvalue weighted by Gasteiger charge is 2.25. The maximum Gasteiger partial charge on any atom is 0.267 e. The van der Waals surface area contributed by atoms with E-state index < -0.39 is 21.7 Å². The number of methoxy groups -OCH3 is 1. The fraction of sp³-hybridized carbons (Fsp3) is 0.375. The van der Waals surface area contributed by atoms with Gasteiger partial charge in [-0.3, -0.25) is 9.48 Å². The molecule has 1 amide bonds. The number of rotatable bonds is 9. The smallest absolute Gasteiger partial charge is 0.267 e. The summed E-state index contributed by atoms with van der Waals surface area (Å²) in [5.74, 6) is -0.943. The standard InChI is InChI=1S/C24H29FN4O4S/c1-6-9-29-14-22(16(4)27-29)34(31,32)28-23(30)13-21-19(15(2)3)11-18(25)12-20(21)17-7-8-26-24(10-17)33-5/h7-8,10-12,14-15H,6,9,13H2,1-5H3,(H,28,30). The highest BCUT2D eigenvalue weighted by molar-refractivity contribution is 7.90. The Kier molecular flexibility index (Phi) is 7.71. The molecule has 0 saturated carbocycles. The second-order valence-corrected chi connectivity index (χ2v) is 9.96. The summed E-state index contributed by atoms with van der Waals surface area (Å²) in [6.07, 6.45) is 3.48. The molecule has 0 fully saturated rings. The number of aryl methyl sites for hydroxylation is 2. The number of amides is 1. The number of pyridine rings is 1. The summed E-state index contributed by atoms with van der Waals surface area (Å²) in [7, 11) is -2.65. The zero-order valence-electron chi connectivity index (χ0n) is 19.9. The molecule has 2 aromatic heterocycles. The van der Waals surface area contributed by atoms with Gasteiger partial charge in [-0.1, -0.05) is 20.8 Å². The van der Waals surface area contributed by atoms with Crippen LogP contribution in [0.2, 0.25) is 0 Å². The van der Waals surface area contributed by atoms with Crippen LogP contribution in [0.4, 0.5) is 4.39 Å². The van der Waals surface area contributed by atoms with Gasteiger partial charge in [-0.25, -0.2) is 22.5 Å². The van der Waals surface area contributed by atoms with Crippen molar-refractivity contribution in [3.8, 4) is 17.0 Å². The van der Waals surface area contributed by atoms with E-state index in [1.165, 1.54) is 31.6 Å². The zero-order chi connectivity index (χ0) is 25.0. The maximum atomic E-state index is 14.5. The minimum atomic E-state index is -4.12. The Morgan fingerprint density at radius 1 is 1.26 bits per heavy atom. The SMILES string of the molecule is CCCn1cc(S(=O)(=O)NC(=O)Cc2c(-c3ccnc(OC)c3)cc(F)cc2C(C)C)c(C)n1. The van der Waals surface area contributed by atoms with E-state index in [0.29, 0.717) is 40.4 Å². The van der Waals surface area contributed by atoms with Gasteiger partial charge in [-0.05, 0) is 59.7 Å². The van der Waals surface area contributed by atoms with Gasteiger partial charge in [0.05, 0.1) is 19.2 Å². The van der Waals surface area contributed by atoms with Crippen molar-refractivity contribution >= 4 is 15.9 Å². The third kappa shape index (κ3) is 5.61. The van der Waals surface area contributed by atoms with Crippen LogP contribution in [0.1, 0.15) is 49.9 Å². The number of nitrogens with one attached hydrogen (secondary N) is 1. The summed E-state index contributed by atoms with van der Waals surface area (Å²) in [6, 6.07) is 6.03. The van der Waals surface area contributed by atoms with Crippen molar-refractivity contribution in [1.29, 1.82) is 0 Å². The Hall–Kier alpha value is -3.27. The van der Waals surface area contributed by atoms with Crippen LogP contribution in [0.25, 0.3) is 11.1 Å². The maximum absolute atomic E-state index is 14.5. The fourth-order valence-electron chi connectivity index (χ4n) is 3.82. The molecule has 8 nitrogen and oxygen atoms in total. The Morgan fingerprint density at radius 2 is 2.00 bits per heavy atom. The number of carbonyl (C=O) groups excluding carboxylic acids is 1. The molecule has 0 atom stereocenters. The van der Waals surface area contributed by atoms with Gasteiger partial charge < -0.3 is 4.74 Å². The third-order valence-electron chi connectivity index (χ3n) is 5.36. The molecule has 34 heavy (non-hydrogen) atoms. The number of hydrogen-bond donors (Lipinski definition) is 1. The number of carbonyl (C=O) groups is 1. The van der Waals surface area contributed by atoms with Gasteiger partial charge >= 0.3 is 0 Å². The van der Waals surface area contributed by atoms with Crippen LogP contribution < -0.4 is 9.46 Å². The lowest BCUT2D eigenvalue weighted by Gasteiger charge is -2.18. The number of benzene rings is 1. The molecule has 1 N–H and O–H groups in total. The number of hydrogen-bond acceptors (Lipinski definition) is 6. The van der Waals surface area contributed by atoms with Crippen molar-refractivity contribution in [2.45, 2.75) is 57.9 Å². The van der Waals surface area contributed by atoms with Crippen molar-refractivity contribution in [3.05, 3.63) is 59.3 Å². The summed E-state index contributed by atoms with van der Waals surface area (Å²) in [4.78, 5) is 17.0. The number of sulfonamides is 1. The summed E-state index contributed by atoms with van der Waals surface area (Å²) in [6.45, 7) is 7.87. The Bertz CT molecular complexity index is 1300. The highest BCUT2D eigenvalue weighted by atomic mass is 32.2. The van der Waals surface area contributed by atoms with Gasteiger partial charge in [-0.15, -0.1) is 0 Å². The van der Waals surface area contributed by atoms with Crippen LogP contribution in [-0.4, -0.2) is 36.2 Å². The van der Waals surface area contributed by atoms with Crippen LogP contribution >= 0.6 is 0 Å². The normalized spacial score (nSPS) is 11.6. The summed E-state index contributed by atoms with van der Waals surface area (Å²) in [5.41, 5.74) is 2.54. The average molecular weight is 489 g/mol. The Balaban J connectivity index is 1.98. The minimum absolute atomic E-state index is 0.0448. The molecule has 0 unspecified atom stereocenters. The number of ether oxygens (including phenoxy) is 1. The molecule has 3 aromatic rings. The van der Waals surface area contributed by atoms with Crippen LogP contribution in [-0.2, 0) is 27.8 Å². The second kappa shape index (κ2) is 10.3. The molecule has 0 radical (unpaired) electrons. The molecule has 182 valence electrons. The molecule has 0 aliphatic carbocycles. The van der Waals surface area contributed by atoms with E-state index in [-0.39, 0.29) is 17.2 Å². The number of nitrogens with zero attached hydrogens (tertiary/aromatic N) is 3. The Labute approximate surface area is 199 Å². The van der Waals surface area contributed by atoms with E-state index in [1.807, 2.05) is 20.8 Å². The molecule has 2 heterocycles. The molecule has 10 heteroatoms. The number of aromatic nitrogens is 3.